The smallest absolute Gasteiger partial charge is 0.271 e. The molecular formula is C16H23N7O2. The first-order valence-electron chi connectivity index (χ1n) is 7.70. The van der Waals surface area contributed by atoms with Crippen LogP contribution < -0.4 is 27.7 Å². The Labute approximate surface area is 145 Å². The number of carbonyl (C=O) groups excluding carboxylic acids is 1. The van der Waals surface area contributed by atoms with Crippen molar-refractivity contribution in [2.24, 2.45) is 5.73 Å². The van der Waals surface area contributed by atoms with E-state index >= 15 is 0 Å². The number of aromatic nitrogens is 3. The fourth-order valence-electron chi connectivity index (χ4n) is 1.69. The molecule has 25 heavy (non-hydrogen) atoms. The second kappa shape index (κ2) is 9.71. The molecule has 0 spiro atoms. The Bertz CT molecular complexity index is 799. The van der Waals surface area contributed by atoms with Crippen LogP contribution in [0.25, 0.3) is 5.57 Å². The van der Waals surface area contributed by atoms with Gasteiger partial charge in [0.2, 0.25) is 0 Å². The first kappa shape index (κ1) is 19.7. The van der Waals surface area contributed by atoms with Crippen LogP contribution in [0.15, 0.2) is 35.4 Å². The number of nitrogens with one attached hydrogen (secondary N) is 3. The van der Waals surface area contributed by atoms with E-state index in [2.05, 4.69) is 39.4 Å². The van der Waals surface area contributed by atoms with Crippen LogP contribution in [0.3, 0.4) is 0 Å². The van der Waals surface area contributed by atoms with E-state index in [4.69, 9.17) is 11.5 Å². The second-order valence-corrected chi connectivity index (χ2v) is 4.91. The molecule has 2 rings (SSSR count). The van der Waals surface area contributed by atoms with Gasteiger partial charge in [0, 0.05) is 25.5 Å². The summed E-state index contributed by atoms with van der Waals surface area (Å²) < 4.78 is 0. The van der Waals surface area contributed by atoms with Crippen LogP contribution in [-0.2, 0) is 4.79 Å². The molecule has 2 aromatic heterocycles. The molecule has 0 bridgehead atoms. The number of likely N-dealkylation sites (N-methyl/N-ethyl adjacent to an activating group) is 1. The number of hydrogen-bond donors (Lipinski definition) is 5. The monoisotopic (exact) mass is 345 g/mol. The van der Waals surface area contributed by atoms with Crippen LogP contribution in [0.2, 0.25) is 0 Å². The number of carbonyl (C=O) groups is 1. The van der Waals surface area contributed by atoms with Gasteiger partial charge in [-0.05, 0) is 12.1 Å². The zero-order valence-electron chi connectivity index (χ0n) is 14.5. The molecule has 0 radical (unpaired) electrons. The zero-order valence-corrected chi connectivity index (χ0v) is 14.5. The number of pyridine rings is 1. The first-order chi connectivity index (χ1) is 12.0. The van der Waals surface area contributed by atoms with Crippen LogP contribution in [-0.4, -0.2) is 27.9 Å². The second-order valence-electron chi connectivity index (χ2n) is 4.91. The van der Waals surface area contributed by atoms with Gasteiger partial charge in [-0.3, -0.25) is 9.59 Å². The number of aromatic amines is 1. The van der Waals surface area contributed by atoms with Gasteiger partial charge >= 0.3 is 0 Å². The molecule has 0 saturated heterocycles. The standard InChI is InChI=1S/C13H15N7O2.C3H8/c1-16-12(21)7(6-14)11-19-9(15)5-10(20-11)18-8-3-2-4-17-13(8)22;1-3-2/h2-6H,14H2,1H3,(H,16,21)(H,17,22)(H3,15,18,19,20);3H2,1-2H3/b7-6+;. The van der Waals surface area contributed by atoms with Gasteiger partial charge in [-0.2, -0.15) is 0 Å². The summed E-state index contributed by atoms with van der Waals surface area (Å²) in [7, 11) is 1.46. The van der Waals surface area contributed by atoms with Crippen LogP contribution in [0.4, 0.5) is 17.3 Å². The minimum absolute atomic E-state index is 0.0525. The van der Waals surface area contributed by atoms with E-state index in [1.54, 1.807) is 12.1 Å². The van der Waals surface area contributed by atoms with Crippen molar-refractivity contribution in [3.8, 4) is 0 Å². The number of amides is 1. The summed E-state index contributed by atoms with van der Waals surface area (Å²) in [6, 6.07) is 4.67. The van der Waals surface area contributed by atoms with E-state index in [1.165, 1.54) is 25.7 Å². The van der Waals surface area contributed by atoms with E-state index < -0.39 is 5.91 Å². The van der Waals surface area contributed by atoms with Crippen molar-refractivity contribution in [3.63, 3.8) is 0 Å². The Hall–Kier alpha value is -3.36. The molecule has 0 aromatic carbocycles. The summed E-state index contributed by atoms with van der Waals surface area (Å²) in [4.78, 5) is 34.0. The lowest BCUT2D eigenvalue weighted by atomic mass is 10.2. The minimum Gasteiger partial charge on any atom is -0.404 e. The normalized spacial score (nSPS) is 10.4. The van der Waals surface area contributed by atoms with Crippen molar-refractivity contribution < 1.29 is 4.79 Å². The van der Waals surface area contributed by atoms with Crippen molar-refractivity contribution in [3.05, 3.63) is 46.8 Å². The van der Waals surface area contributed by atoms with Crippen molar-refractivity contribution in [1.82, 2.24) is 20.3 Å². The largest absolute Gasteiger partial charge is 0.404 e. The molecule has 9 heteroatoms. The highest BCUT2D eigenvalue weighted by Gasteiger charge is 2.15. The quantitative estimate of drug-likeness (QED) is 0.517. The number of anilines is 3. The van der Waals surface area contributed by atoms with E-state index in [0.29, 0.717) is 0 Å². The number of rotatable bonds is 4. The molecule has 0 aliphatic heterocycles. The molecular weight excluding hydrogens is 322 g/mol. The topological polar surface area (TPSA) is 152 Å². The molecule has 0 saturated carbocycles. The van der Waals surface area contributed by atoms with Gasteiger partial charge in [-0.1, -0.05) is 20.3 Å². The van der Waals surface area contributed by atoms with Crippen LogP contribution in [0.1, 0.15) is 26.1 Å². The van der Waals surface area contributed by atoms with Crippen LogP contribution in [0.5, 0.6) is 0 Å². The molecule has 9 nitrogen and oxygen atoms in total. The zero-order chi connectivity index (χ0) is 18.8. The van der Waals surface area contributed by atoms with Crippen molar-refractivity contribution >= 4 is 28.8 Å². The Morgan fingerprint density at radius 2 is 2.04 bits per heavy atom. The van der Waals surface area contributed by atoms with Crippen LogP contribution in [0, 0.1) is 0 Å². The maximum absolute atomic E-state index is 11.7. The van der Waals surface area contributed by atoms with Crippen molar-refractivity contribution in [2.45, 2.75) is 20.3 Å². The number of hydrogen-bond acceptors (Lipinski definition) is 7. The predicted molar refractivity (Wildman–Crippen MR) is 99.0 cm³/mol. The van der Waals surface area contributed by atoms with E-state index in [1.807, 2.05) is 0 Å². The van der Waals surface area contributed by atoms with Crippen LogP contribution >= 0.6 is 0 Å². The molecule has 7 N–H and O–H groups in total. The van der Waals surface area contributed by atoms with Crippen molar-refractivity contribution in [2.75, 3.05) is 18.1 Å². The summed E-state index contributed by atoms with van der Waals surface area (Å²) in [6.45, 7) is 4.25. The highest BCUT2D eigenvalue weighted by molar-refractivity contribution is 6.18. The molecule has 0 unspecified atom stereocenters. The molecule has 0 fully saturated rings. The Morgan fingerprint density at radius 1 is 1.36 bits per heavy atom. The van der Waals surface area contributed by atoms with Gasteiger partial charge in [0.05, 0.1) is 5.57 Å². The number of H-pyrrole nitrogens is 1. The van der Waals surface area contributed by atoms with Gasteiger partial charge < -0.3 is 27.1 Å². The molecule has 1 amide bonds. The Balaban J connectivity index is 0.000000970. The molecule has 134 valence electrons. The molecule has 2 aromatic rings. The summed E-state index contributed by atoms with van der Waals surface area (Å²) in [5.74, 6) is -0.00103. The maximum Gasteiger partial charge on any atom is 0.271 e. The summed E-state index contributed by atoms with van der Waals surface area (Å²) in [6.07, 6.45) is 3.85. The average Bonchev–Trinajstić information content (AvgIpc) is 2.58. The fraction of sp³-hybridized carbons (Fsp3) is 0.250. The average molecular weight is 345 g/mol. The molecule has 2 heterocycles. The number of nitrogen functional groups attached to an aromatic ring is 1. The third kappa shape index (κ3) is 5.65. The van der Waals surface area contributed by atoms with Gasteiger partial charge in [0.25, 0.3) is 11.5 Å². The third-order valence-corrected chi connectivity index (χ3v) is 2.71. The highest BCUT2D eigenvalue weighted by atomic mass is 16.1. The van der Waals surface area contributed by atoms with E-state index in [0.717, 1.165) is 6.20 Å². The predicted octanol–water partition coefficient (Wildman–Crippen LogP) is 0.953. The maximum atomic E-state index is 11.7. The first-order valence-corrected chi connectivity index (χ1v) is 7.70. The molecule has 0 aliphatic rings. The number of nitrogens with two attached hydrogens (primary N) is 2. The van der Waals surface area contributed by atoms with E-state index in [9.17, 15) is 9.59 Å². The number of nitrogens with zero attached hydrogens (tertiary/aromatic N) is 2. The van der Waals surface area contributed by atoms with Gasteiger partial charge in [0.15, 0.2) is 5.82 Å². The third-order valence-electron chi connectivity index (χ3n) is 2.71. The molecule has 0 atom stereocenters. The Morgan fingerprint density at radius 3 is 2.60 bits per heavy atom. The SMILES string of the molecule is CCC.CNC(=O)/C(=C/N)c1nc(N)cc(Nc2ccc[nH]c2=O)n1. The van der Waals surface area contributed by atoms with Gasteiger partial charge in [-0.15, -0.1) is 0 Å². The van der Waals surface area contributed by atoms with Gasteiger partial charge in [-0.25, -0.2) is 9.97 Å². The molecule has 0 aliphatic carbocycles. The lowest BCUT2D eigenvalue weighted by Gasteiger charge is -2.09. The van der Waals surface area contributed by atoms with Crippen molar-refractivity contribution in [1.29, 1.82) is 0 Å². The van der Waals surface area contributed by atoms with Gasteiger partial charge in [0.1, 0.15) is 17.3 Å². The lowest BCUT2D eigenvalue weighted by molar-refractivity contribution is -0.115. The fourth-order valence-corrected chi connectivity index (χ4v) is 1.69. The van der Waals surface area contributed by atoms with E-state index in [-0.39, 0.29) is 34.3 Å². The minimum atomic E-state index is -0.448. The summed E-state index contributed by atoms with van der Waals surface area (Å²) in [5.41, 5.74) is 11.2. The lowest BCUT2D eigenvalue weighted by Crippen LogP contribution is -2.22. The highest BCUT2D eigenvalue weighted by Crippen LogP contribution is 2.17. The summed E-state index contributed by atoms with van der Waals surface area (Å²) in [5, 5.41) is 5.24. The summed E-state index contributed by atoms with van der Waals surface area (Å²) >= 11 is 0. The Kier molecular flexibility index (Phi) is 7.64.